The molecule has 0 saturated heterocycles. The zero-order valence-electron chi connectivity index (χ0n) is 21.7. The lowest BCUT2D eigenvalue weighted by molar-refractivity contribution is -0.121. The molecule has 0 aliphatic carbocycles. The Kier molecular flexibility index (Phi) is 7.65. The molecule has 0 fully saturated rings. The van der Waals surface area contributed by atoms with E-state index in [1.807, 2.05) is 31.2 Å². The molecule has 200 valence electrons. The fourth-order valence-corrected chi connectivity index (χ4v) is 5.48. The van der Waals surface area contributed by atoms with Gasteiger partial charge in [0.05, 0.1) is 26.0 Å². The molecular formula is C29H27FN4O4S. The molecule has 3 aromatic carbocycles. The number of methoxy groups -OCH3 is 2. The lowest BCUT2D eigenvalue weighted by Gasteiger charge is -2.23. The van der Waals surface area contributed by atoms with Gasteiger partial charge >= 0.3 is 0 Å². The second-order valence-electron chi connectivity index (χ2n) is 9.22. The number of carbonyl (C=O) groups excluding carboxylic acids is 2. The molecule has 10 heteroatoms. The second-order valence-corrected chi connectivity index (χ2v) is 10.4. The number of hydrogen-bond acceptors (Lipinski definition) is 7. The molecule has 0 saturated carbocycles. The van der Waals surface area contributed by atoms with Crippen molar-refractivity contribution in [1.82, 2.24) is 5.01 Å². The van der Waals surface area contributed by atoms with Gasteiger partial charge < -0.3 is 14.8 Å². The van der Waals surface area contributed by atoms with Crippen molar-refractivity contribution < 1.29 is 23.5 Å². The molecule has 2 amide bonds. The summed E-state index contributed by atoms with van der Waals surface area (Å²) in [5, 5.41) is 9.11. The number of hydrazone groups is 1. The van der Waals surface area contributed by atoms with Crippen molar-refractivity contribution in [2.75, 3.05) is 19.5 Å². The molecule has 0 spiro atoms. The number of anilines is 1. The van der Waals surface area contributed by atoms with Crippen LogP contribution in [-0.2, 0) is 9.59 Å². The number of benzene rings is 3. The number of amides is 2. The molecule has 0 unspecified atom stereocenters. The van der Waals surface area contributed by atoms with Crippen LogP contribution in [0.3, 0.4) is 0 Å². The van der Waals surface area contributed by atoms with E-state index in [1.54, 1.807) is 35.3 Å². The SMILES string of the molecule is COc1cc(NC(=O)C[C@H]2SC(N3N=C(c4ccc(F)cc4)C[C@H]3c3ccc(C)cc3)=NC2=O)cc(OC)c1. The number of aliphatic imine (C=N–C) groups is 1. The van der Waals surface area contributed by atoms with Gasteiger partial charge in [0.2, 0.25) is 5.91 Å². The number of rotatable bonds is 7. The Morgan fingerprint density at radius 2 is 1.72 bits per heavy atom. The number of thioether (sulfide) groups is 1. The Labute approximate surface area is 229 Å². The van der Waals surface area contributed by atoms with Gasteiger partial charge in [-0.1, -0.05) is 53.7 Å². The smallest absolute Gasteiger partial charge is 0.262 e. The van der Waals surface area contributed by atoms with Gasteiger partial charge in [0.1, 0.15) is 22.6 Å². The van der Waals surface area contributed by atoms with E-state index < -0.39 is 5.25 Å². The number of amidine groups is 1. The highest BCUT2D eigenvalue weighted by Gasteiger charge is 2.39. The van der Waals surface area contributed by atoms with E-state index in [0.29, 0.717) is 28.8 Å². The normalized spacial score (nSPS) is 18.6. The molecule has 0 aromatic heterocycles. The van der Waals surface area contributed by atoms with Crippen molar-refractivity contribution in [2.45, 2.75) is 31.1 Å². The number of nitrogens with zero attached hydrogens (tertiary/aromatic N) is 3. The van der Waals surface area contributed by atoms with Crippen molar-refractivity contribution in [3.05, 3.63) is 89.2 Å². The van der Waals surface area contributed by atoms with Gasteiger partial charge in [0.15, 0.2) is 5.17 Å². The molecule has 2 aliphatic heterocycles. The zero-order chi connectivity index (χ0) is 27.5. The highest BCUT2D eigenvalue weighted by molar-refractivity contribution is 8.15. The highest BCUT2D eigenvalue weighted by Crippen LogP contribution is 2.39. The Hall–Kier alpha value is -4.18. The van der Waals surface area contributed by atoms with Crippen molar-refractivity contribution in [1.29, 1.82) is 0 Å². The minimum absolute atomic E-state index is 0.0619. The quantitative estimate of drug-likeness (QED) is 0.431. The van der Waals surface area contributed by atoms with E-state index in [4.69, 9.17) is 14.6 Å². The summed E-state index contributed by atoms with van der Waals surface area (Å²) in [5.74, 6) is 0.0281. The molecule has 2 aliphatic rings. The number of nitrogens with one attached hydrogen (secondary N) is 1. The predicted molar refractivity (Wildman–Crippen MR) is 150 cm³/mol. The summed E-state index contributed by atoms with van der Waals surface area (Å²) >= 11 is 1.22. The molecule has 3 aromatic rings. The molecule has 1 N–H and O–H groups in total. The van der Waals surface area contributed by atoms with E-state index in [-0.39, 0.29) is 30.1 Å². The second kappa shape index (κ2) is 11.3. The predicted octanol–water partition coefficient (Wildman–Crippen LogP) is 5.33. The van der Waals surface area contributed by atoms with Crippen LogP contribution in [0.25, 0.3) is 0 Å². The van der Waals surface area contributed by atoms with Gasteiger partial charge in [-0.2, -0.15) is 10.1 Å². The number of ether oxygens (including phenoxy) is 2. The summed E-state index contributed by atoms with van der Waals surface area (Å²) < 4.78 is 24.0. The van der Waals surface area contributed by atoms with Crippen molar-refractivity contribution in [3.8, 4) is 11.5 Å². The summed E-state index contributed by atoms with van der Waals surface area (Å²) in [7, 11) is 3.05. The monoisotopic (exact) mass is 546 g/mol. The molecule has 5 rings (SSSR count). The van der Waals surface area contributed by atoms with Crippen LogP contribution in [-0.4, -0.2) is 47.2 Å². The summed E-state index contributed by atoms with van der Waals surface area (Å²) in [5.41, 5.74) is 4.22. The topological polar surface area (TPSA) is 92.6 Å². The van der Waals surface area contributed by atoms with E-state index >= 15 is 0 Å². The maximum atomic E-state index is 13.5. The van der Waals surface area contributed by atoms with Crippen LogP contribution < -0.4 is 14.8 Å². The largest absolute Gasteiger partial charge is 0.497 e. The maximum absolute atomic E-state index is 13.5. The standard InChI is InChI=1S/C29H27FN4O4S/c1-17-4-6-19(7-5-17)25-15-24(18-8-10-20(30)11-9-18)33-34(25)29-32-28(36)26(39-29)16-27(35)31-21-12-22(37-2)14-23(13-21)38-3/h4-14,25-26H,15-16H2,1-3H3,(H,31,35)/t25-,26+/m0/s1. The Bertz CT molecular complexity index is 1430. The fourth-order valence-electron chi connectivity index (χ4n) is 4.42. The van der Waals surface area contributed by atoms with E-state index in [2.05, 4.69) is 10.3 Å². The van der Waals surface area contributed by atoms with Crippen LogP contribution in [0.15, 0.2) is 76.8 Å². The van der Waals surface area contributed by atoms with Crippen molar-refractivity contribution in [2.24, 2.45) is 10.1 Å². The van der Waals surface area contributed by atoms with E-state index in [9.17, 15) is 14.0 Å². The van der Waals surface area contributed by atoms with Crippen LogP contribution in [0.1, 0.15) is 35.6 Å². The molecule has 0 radical (unpaired) electrons. The molecule has 0 bridgehead atoms. The van der Waals surface area contributed by atoms with Gasteiger partial charge in [-0.15, -0.1) is 0 Å². The first-order chi connectivity index (χ1) is 18.8. The van der Waals surface area contributed by atoms with Crippen LogP contribution in [0, 0.1) is 12.7 Å². The van der Waals surface area contributed by atoms with Gasteiger partial charge in [0, 0.05) is 36.7 Å². The van der Waals surface area contributed by atoms with Crippen LogP contribution in [0.4, 0.5) is 10.1 Å². The van der Waals surface area contributed by atoms with Crippen molar-refractivity contribution >= 4 is 40.1 Å². The molecule has 2 heterocycles. The lowest BCUT2D eigenvalue weighted by atomic mass is 9.98. The fraction of sp³-hybridized carbons (Fsp3) is 0.241. The third-order valence-electron chi connectivity index (χ3n) is 6.48. The summed E-state index contributed by atoms with van der Waals surface area (Å²) in [4.78, 5) is 30.0. The molecule has 8 nitrogen and oxygen atoms in total. The maximum Gasteiger partial charge on any atom is 0.262 e. The first-order valence-corrected chi connectivity index (χ1v) is 13.2. The van der Waals surface area contributed by atoms with E-state index in [1.165, 1.54) is 38.1 Å². The third-order valence-corrected chi connectivity index (χ3v) is 7.62. The average molecular weight is 547 g/mol. The summed E-state index contributed by atoms with van der Waals surface area (Å²) in [6.45, 7) is 2.02. The zero-order valence-corrected chi connectivity index (χ0v) is 22.5. The lowest BCUT2D eigenvalue weighted by Crippen LogP contribution is -2.25. The summed E-state index contributed by atoms with van der Waals surface area (Å²) in [6.07, 6.45) is 0.499. The first-order valence-electron chi connectivity index (χ1n) is 12.3. The van der Waals surface area contributed by atoms with Crippen LogP contribution in [0.5, 0.6) is 11.5 Å². The minimum atomic E-state index is -0.684. The van der Waals surface area contributed by atoms with Gasteiger partial charge in [-0.3, -0.25) is 9.59 Å². The number of hydrogen-bond donors (Lipinski definition) is 1. The van der Waals surface area contributed by atoms with Gasteiger partial charge in [-0.05, 0) is 30.2 Å². The number of aryl methyl sites for hydroxylation is 1. The number of halogens is 1. The Balaban J connectivity index is 1.33. The van der Waals surface area contributed by atoms with Gasteiger partial charge in [0.25, 0.3) is 5.91 Å². The van der Waals surface area contributed by atoms with E-state index in [0.717, 1.165) is 22.4 Å². The Morgan fingerprint density at radius 3 is 2.36 bits per heavy atom. The first kappa shape index (κ1) is 26.4. The summed E-state index contributed by atoms with van der Waals surface area (Å²) in [6, 6.07) is 19.2. The number of carbonyl (C=O) groups is 2. The third kappa shape index (κ3) is 5.96. The average Bonchev–Trinajstić information content (AvgIpc) is 3.53. The Morgan fingerprint density at radius 1 is 1.05 bits per heavy atom. The van der Waals surface area contributed by atoms with Crippen molar-refractivity contribution in [3.63, 3.8) is 0 Å². The van der Waals surface area contributed by atoms with Gasteiger partial charge in [-0.25, -0.2) is 9.40 Å². The van der Waals surface area contributed by atoms with Crippen LogP contribution in [0.2, 0.25) is 0 Å². The minimum Gasteiger partial charge on any atom is -0.497 e. The molecule has 39 heavy (non-hydrogen) atoms. The molecule has 2 atom stereocenters. The van der Waals surface area contributed by atoms with Crippen LogP contribution >= 0.6 is 11.8 Å². The molecular weight excluding hydrogens is 519 g/mol. The highest BCUT2D eigenvalue weighted by atomic mass is 32.2.